The van der Waals surface area contributed by atoms with Crippen molar-refractivity contribution >= 4 is 33.9 Å². The van der Waals surface area contributed by atoms with Crippen LogP contribution in [-0.2, 0) is 4.79 Å². The third kappa shape index (κ3) is 52.8. The maximum absolute atomic E-state index is 10.2. The molecule has 226 valence electrons. The van der Waals surface area contributed by atoms with Crippen LogP contribution < -0.4 is 0 Å². The van der Waals surface area contributed by atoms with Crippen LogP contribution in [0.1, 0.15) is 208 Å². The average Bonchev–Trinajstić information content (AvgIpc) is 2.88. The number of aliphatic carboxylic acids is 1. The molecule has 0 fully saturated rings. The number of hydrogen-bond acceptors (Lipinski definition) is 1. The molecule has 0 heterocycles. The summed E-state index contributed by atoms with van der Waals surface area (Å²) in [6.07, 6.45) is 36.4. The molecule has 0 aromatic heterocycles. The van der Waals surface area contributed by atoms with E-state index in [0.29, 0.717) is 6.42 Å². The van der Waals surface area contributed by atoms with Crippen molar-refractivity contribution < 1.29 is 9.90 Å². The zero-order valence-electron chi connectivity index (χ0n) is 27.7. The van der Waals surface area contributed by atoms with Crippen molar-refractivity contribution in [2.45, 2.75) is 212 Å². The summed E-state index contributed by atoms with van der Waals surface area (Å²) in [7, 11) is 0. The van der Waals surface area contributed by atoms with Gasteiger partial charge in [-0.15, -0.1) is 0 Å². The molecule has 0 aliphatic heterocycles. The summed E-state index contributed by atoms with van der Waals surface area (Å²) in [4.78, 5) is 10.2. The predicted octanol–water partition coefficient (Wildman–Crippen LogP) is 12.9. The van der Waals surface area contributed by atoms with Crippen LogP contribution in [0.5, 0.6) is 0 Å². The molecule has 0 amide bonds. The number of carboxylic acids is 1. The zero-order chi connectivity index (χ0) is 29.0. The fraction of sp³-hybridized carbons (Fsp3) is 0.971. The van der Waals surface area contributed by atoms with Gasteiger partial charge in [0.05, 0.1) is 0 Å². The molecule has 2 nitrogen and oxygen atoms in total. The van der Waals surface area contributed by atoms with Crippen LogP contribution in [0.4, 0.5) is 0 Å². The quantitative estimate of drug-likeness (QED) is 0.0818. The van der Waals surface area contributed by atoms with E-state index >= 15 is 0 Å². The topological polar surface area (TPSA) is 37.3 Å². The Bertz CT molecular complexity index is 397. The van der Waals surface area contributed by atoms with Crippen molar-refractivity contribution in [2.24, 2.45) is 5.92 Å². The van der Waals surface area contributed by atoms with Crippen molar-refractivity contribution in [1.82, 2.24) is 0 Å². The van der Waals surface area contributed by atoms with Crippen LogP contribution >= 0.6 is 0 Å². The first-order valence-corrected chi connectivity index (χ1v) is 19.1. The molecule has 0 spiro atoms. The molecule has 0 bridgehead atoms. The van der Waals surface area contributed by atoms with Crippen molar-refractivity contribution in [3.63, 3.8) is 0 Å². The summed E-state index contributed by atoms with van der Waals surface area (Å²) < 4.78 is 1.39. The van der Waals surface area contributed by atoms with Gasteiger partial charge in [0.15, 0.2) is 0 Å². The molecule has 0 aliphatic rings. The Labute approximate surface area is 260 Å². The molecule has 0 unspecified atom stereocenters. The van der Waals surface area contributed by atoms with Gasteiger partial charge in [0.2, 0.25) is 0 Å². The molecular formula is C35H73NaO2. The summed E-state index contributed by atoms with van der Waals surface area (Å²) in [6.45, 7) is 11.4. The number of unbranched alkanes of at least 4 members (excludes halogenated alkanes) is 23. The minimum atomic E-state index is -0.659. The standard InChI is InChI=1S/C21H44.C12H24O2.C2H5.Na/c1-4-5-6-7-8-9-10-11-12-13-14-15-16-17-18-19-20-21(2)3;1-2-3-4-5-6-7-8-9-10-11-12(13)14;1-2;/h21H,4-20H2,1-3H3;2-11H2,1H3,(H,13,14);1H2,2H3;. The van der Waals surface area contributed by atoms with Gasteiger partial charge >= 0.3 is 44.5 Å². The fourth-order valence-electron chi connectivity index (χ4n) is 4.69. The van der Waals surface area contributed by atoms with Crippen LogP contribution in [0.3, 0.4) is 0 Å². The summed E-state index contributed by atoms with van der Waals surface area (Å²) in [5.41, 5.74) is 0. The van der Waals surface area contributed by atoms with E-state index in [1.165, 1.54) is 186 Å². The van der Waals surface area contributed by atoms with Crippen molar-refractivity contribution in [2.75, 3.05) is 0 Å². The van der Waals surface area contributed by atoms with Gasteiger partial charge < -0.3 is 5.11 Å². The van der Waals surface area contributed by atoms with Crippen LogP contribution in [0.25, 0.3) is 0 Å². The second-order valence-electron chi connectivity index (χ2n) is 12.2. The van der Waals surface area contributed by atoms with Gasteiger partial charge in [0, 0.05) is 6.42 Å². The third-order valence-electron chi connectivity index (χ3n) is 7.13. The van der Waals surface area contributed by atoms with E-state index < -0.39 is 5.97 Å². The van der Waals surface area contributed by atoms with Crippen molar-refractivity contribution in [3.05, 3.63) is 0 Å². The van der Waals surface area contributed by atoms with Crippen molar-refractivity contribution in [1.29, 1.82) is 0 Å². The monoisotopic (exact) mass is 549 g/mol. The second-order valence-corrected chi connectivity index (χ2v) is 13.6. The van der Waals surface area contributed by atoms with E-state index in [4.69, 9.17) is 5.11 Å². The van der Waals surface area contributed by atoms with E-state index in [1.807, 2.05) is 0 Å². The average molecular weight is 549 g/mol. The second kappa shape index (κ2) is 41.9. The summed E-state index contributed by atoms with van der Waals surface area (Å²) in [6, 6.07) is 0. The van der Waals surface area contributed by atoms with E-state index in [9.17, 15) is 4.79 Å². The first-order chi connectivity index (χ1) is 18.5. The van der Waals surface area contributed by atoms with Crippen LogP contribution in [0.2, 0.25) is 3.67 Å². The Morgan fingerprint density at radius 3 is 0.974 bits per heavy atom. The molecule has 0 atom stereocenters. The Morgan fingerprint density at radius 2 is 0.737 bits per heavy atom. The summed E-state index contributed by atoms with van der Waals surface area (Å²) in [5, 5.41) is 8.41. The molecule has 0 radical (unpaired) electrons. The molecule has 3 heteroatoms. The molecule has 0 aliphatic carbocycles. The van der Waals surface area contributed by atoms with E-state index in [0.717, 1.165) is 18.8 Å². The zero-order valence-corrected chi connectivity index (χ0v) is 29.7. The van der Waals surface area contributed by atoms with Crippen LogP contribution in [0, 0.1) is 5.92 Å². The van der Waals surface area contributed by atoms with Gasteiger partial charge in [-0.25, -0.2) is 0 Å². The van der Waals surface area contributed by atoms with Gasteiger partial charge in [-0.2, -0.15) is 0 Å². The normalized spacial score (nSPS) is 10.6. The number of carboxylic acid groups (broad SMARTS) is 1. The molecule has 1 N–H and O–H groups in total. The maximum atomic E-state index is 10.2. The van der Waals surface area contributed by atoms with Gasteiger partial charge in [0.1, 0.15) is 0 Å². The third-order valence-corrected chi connectivity index (χ3v) is 7.13. The Morgan fingerprint density at radius 1 is 0.500 bits per heavy atom. The Kier molecular flexibility index (Phi) is 47.4. The molecule has 0 rings (SSSR count). The summed E-state index contributed by atoms with van der Waals surface area (Å²) in [5.74, 6) is 0.240. The predicted molar refractivity (Wildman–Crippen MR) is 175 cm³/mol. The molecule has 0 saturated carbocycles. The number of hydrogen-bond donors (Lipinski definition) is 1. The van der Waals surface area contributed by atoms with Gasteiger partial charge in [-0.1, -0.05) is 188 Å². The Hall–Kier alpha value is 0.470. The van der Waals surface area contributed by atoms with Gasteiger partial charge in [-0.05, 0) is 12.3 Å². The van der Waals surface area contributed by atoms with E-state index in [1.54, 1.807) is 0 Å². The molecular weight excluding hydrogens is 475 g/mol. The molecule has 0 aromatic rings. The number of rotatable bonds is 27. The SMILES string of the molecule is CCCCCCCCCCCC(=O)O.CCCCCCCCCCCCCCCCCCC(C)C.C[CH2][Na]. The molecule has 38 heavy (non-hydrogen) atoms. The van der Waals surface area contributed by atoms with E-state index in [-0.39, 0.29) is 0 Å². The Balaban J connectivity index is -0.000000621. The fourth-order valence-corrected chi connectivity index (χ4v) is 4.69. The van der Waals surface area contributed by atoms with Gasteiger partial charge in [-0.3, -0.25) is 4.79 Å². The van der Waals surface area contributed by atoms with Crippen LogP contribution in [-0.4, -0.2) is 39.0 Å². The van der Waals surface area contributed by atoms with Gasteiger partial charge in [0.25, 0.3) is 0 Å². The summed E-state index contributed by atoms with van der Waals surface area (Å²) >= 11 is 1.37. The van der Waals surface area contributed by atoms with Crippen LogP contribution in [0.15, 0.2) is 0 Å². The van der Waals surface area contributed by atoms with Crippen molar-refractivity contribution in [3.8, 4) is 0 Å². The first kappa shape index (κ1) is 42.9. The molecule has 0 aromatic carbocycles. The first-order valence-electron chi connectivity index (χ1n) is 17.7. The number of carbonyl (C=O) groups is 1. The van der Waals surface area contributed by atoms with E-state index in [2.05, 4.69) is 34.6 Å². The minimum absolute atomic E-state index is 0.343. The molecule has 0 saturated heterocycles.